The summed E-state index contributed by atoms with van der Waals surface area (Å²) in [6.45, 7) is 6.42. The number of thiazole rings is 1. The molecule has 0 spiro atoms. The van der Waals surface area contributed by atoms with Crippen molar-refractivity contribution in [3.05, 3.63) is 33.8 Å². The lowest BCUT2D eigenvalue weighted by Crippen LogP contribution is -2.22. The molecule has 0 aliphatic carbocycles. The van der Waals surface area contributed by atoms with E-state index in [9.17, 15) is 9.90 Å². The molecule has 0 radical (unpaired) electrons. The molecule has 1 atom stereocenters. The number of carbonyl (C=O) groups excluding carboxylic acids is 1. The second kappa shape index (κ2) is 10.3. The highest BCUT2D eigenvalue weighted by Gasteiger charge is 2.25. The molecule has 1 aliphatic rings. The molecule has 0 bridgehead atoms. The smallest absolute Gasteiger partial charge is 0.138 e. The molecule has 2 N–H and O–H groups in total. The van der Waals surface area contributed by atoms with E-state index in [1.54, 1.807) is 28.9 Å². The summed E-state index contributed by atoms with van der Waals surface area (Å²) in [7, 11) is 0. The van der Waals surface area contributed by atoms with Crippen molar-refractivity contribution in [1.29, 1.82) is 0 Å². The van der Waals surface area contributed by atoms with Crippen LogP contribution in [0.4, 0.5) is 0 Å². The first-order chi connectivity index (χ1) is 15.0. The molecule has 3 aromatic rings. The lowest BCUT2D eigenvalue weighted by atomic mass is 9.92. The number of fused-ring (bicyclic) bond motifs is 2. The fourth-order valence-corrected chi connectivity index (χ4v) is 6.91. The Morgan fingerprint density at radius 1 is 1.35 bits per heavy atom. The fraction of sp³-hybridized carbons (Fsp3) is 0.542. The zero-order chi connectivity index (χ0) is 21.8. The first-order valence-electron chi connectivity index (χ1n) is 11.2. The summed E-state index contributed by atoms with van der Waals surface area (Å²) in [4.78, 5) is 24.4. The van der Waals surface area contributed by atoms with Crippen LogP contribution < -0.4 is 5.32 Å². The number of hydrogen-bond acceptors (Lipinski definition) is 7. The fourth-order valence-electron chi connectivity index (χ4n) is 4.46. The Morgan fingerprint density at radius 3 is 3.00 bits per heavy atom. The van der Waals surface area contributed by atoms with E-state index >= 15 is 0 Å². The van der Waals surface area contributed by atoms with E-state index < -0.39 is 0 Å². The van der Waals surface area contributed by atoms with Gasteiger partial charge >= 0.3 is 0 Å². The van der Waals surface area contributed by atoms with Gasteiger partial charge in [0.25, 0.3) is 0 Å². The van der Waals surface area contributed by atoms with E-state index in [0.717, 1.165) is 58.9 Å². The van der Waals surface area contributed by atoms with Crippen LogP contribution in [0.15, 0.2) is 18.5 Å². The molecule has 7 heteroatoms. The van der Waals surface area contributed by atoms with Gasteiger partial charge in [0.1, 0.15) is 16.3 Å². The summed E-state index contributed by atoms with van der Waals surface area (Å²) in [6.07, 6.45) is 8.46. The van der Waals surface area contributed by atoms with Crippen molar-refractivity contribution in [3.8, 4) is 10.6 Å². The van der Waals surface area contributed by atoms with Gasteiger partial charge in [-0.1, -0.05) is 13.8 Å². The molecule has 5 nitrogen and oxygen atoms in total. The zero-order valence-corrected chi connectivity index (χ0v) is 20.0. The summed E-state index contributed by atoms with van der Waals surface area (Å²) >= 11 is 3.47. The quantitative estimate of drug-likeness (QED) is 0.417. The topological polar surface area (TPSA) is 75.1 Å². The van der Waals surface area contributed by atoms with Crippen LogP contribution in [0.2, 0.25) is 0 Å². The van der Waals surface area contributed by atoms with Crippen LogP contribution in [0.1, 0.15) is 57.7 Å². The average molecular weight is 462 g/mol. The third-order valence-corrected chi connectivity index (χ3v) is 8.18. The standard InChI is InChI=1S/C24H31N3O2S2.2H2/c1-15(2)10-16(14-28)4-3-5-17(29)11-21-23(18-6-8-26-13-22(18)30-21)24-27-19-12-25-9-7-20(19)31-24;;/h7,9,12,15-16,26,28H,3-6,8,10-11,13-14H2,1-2H3;2*1H/t16-;;/m1../s1. The number of aromatic nitrogens is 2. The number of hydrogen-bond donors (Lipinski definition) is 2. The second-order valence-electron chi connectivity index (χ2n) is 8.88. The Balaban J connectivity index is 0.00000193. The van der Waals surface area contributed by atoms with Gasteiger partial charge < -0.3 is 10.4 Å². The Labute approximate surface area is 194 Å². The van der Waals surface area contributed by atoms with E-state index in [4.69, 9.17) is 4.98 Å². The Bertz CT molecular complexity index is 1020. The van der Waals surface area contributed by atoms with Crippen molar-refractivity contribution in [3.63, 3.8) is 0 Å². The van der Waals surface area contributed by atoms with Gasteiger partial charge in [0.2, 0.25) is 0 Å². The van der Waals surface area contributed by atoms with Crippen molar-refractivity contribution in [2.75, 3.05) is 13.2 Å². The van der Waals surface area contributed by atoms with Gasteiger partial charge in [0.05, 0.1) is 10.9 Å². The predicted octanol–water partition coefficient (Wildman–Crippen LogP) is 5.49. The molecule has 0 amide bonds. The third-order valence-electron chi connectivity index (χ3n) is 5.89. The SMILES string of the molecule is CC(C)C[C@H](CO)CCCC(=O)Cc1sc2c(c1-c1nc3cnccc3s1)CCNC2.[HH].[HH]. The second-order valence-corrected chi connectivity index (χ2v) is 11.1. The predicted molar refractivity (Wildman–Crippen MR) is 133 cm³/mol. The van der Waals surface area contributed by atoms with Crippen molar-refractivity contribution in [2.45, 2.75) is 58.9 Å². The monoisotopic (exact) mass is 461 g/mol. The number of pyridine rings is 1. The molecule has 0 aromatic carbocycles. The number of ketones is 1. The minimum Gasteiger partial charge on any atom is -0.396 e. The zero-order valence-electron chi connectivity index (χ0n) is 18.3. The highest BCUT2D eigenvalue weighted by molar-refractivity contribution is 7.22. The number of aliphatic hydroxyl groups is 1. The number of nitrogens with zero attached hydrogens (tertiary/aromatic N) is 2. The normalized spacial score (nSPS) is 14.8. The van der Waals surface area contributed by atoms with Crippen LogP contribution in [-0.2, 0) is 24.2 Å². The number of thiophene rings is 1. The highest BCUT2D eigenvalue weighted by atomic mass is 32.1. The number of rotatable bonds is 10. The van der Waals surface area contributed by atoms with E-state index in [0.29, 0.717) is 24.7 Å². The average Bonchev–Trinajstić information content (AvgIpc) is 3.32. The van der Waals surface area contributed by atoms with Gasteiger partial charge in [-0.05, 0) is 55.7 Å². The summed E-state index contributed by atoms with van der Waals surface area (Å²) in [5.41, 5.74) is 3.49. The van der Waals surface area contributed by atoms with E-state index in [1.807, 2.05) is 12.3 Å². The molecule has 0 fully saturated rings. The maximum Gasteiger partial charge on any atom is 0.138 e. The highest BCUT2D eigenvalue weighted by Crippen LogP contribution is 2.41. The lowest BCUT2D eigenvalue weighted by Gasteiger charge is -2.15. The molecule has 4 rings (SSSR count). The van der Waals surface area contributed by atoms with E-state index in [-0.39, 0.29) is 15.2 Å². The van der Waals surface area contributed by atoms with Crippen molar-refractivity contribution < 1.29 is 12.8 Å². The number of nitrogens with one attached hydrogen (secondary N) is 1. The van der Waals surface area contributed by atoms with Crippen LogP contribution in [0.3, 0.4) is 0 Å². The van der Waals surface area contributed by atoms with Gasteiger partial charge in [-0.25, -0.2) is 4.98 Å². The minimum absolute atomic E-state index is 0. The first-order valence-corrected chi connectivity index (χ1v) is 12.9. The summed E-state index contributed by atoms with van der Waals surface area (Å²) in [5, 5.41) is 14.1. The van der Waals surface area contributed by atoms with Crippen molar-refractivity contribution >= 4 is 38.7 Å². The molecule has 0 unspecified atom stereocenters. The van der Waals surface area contributed by atoms with Gasteiger partial charge in [-0.2, -0.15) is 0 Å². The summed E-state index contributed by atoms with van der Waals surface area (Å²) < 4.78 is 1.14. The Morgan fingerprint density at radius 2 is 2.23 bits per heavy atom. The summed E-state index contributed by atoms with van der Waals surface area (Å²) in [5.74, 6) is 1.17. The number of aliphatic hydroxyl groups excluding tert-OH is 1. The third kappa shape index (κ3) is 5.40. The number of carbonyl (C=O) groups is 1. The molecule has 4 heterocycles. The maximum absolute atomic E-state index is 12.9. The van der Waals surface area contributed by atoms with Gasteiger partial charge in [-0.15, -0.1) is 22.7 Å². The molecule has 31 heavy (non-hydrogen) atoms. The van der Waals surface area contributed by atoms with Crippen LogP contribution in [-0.4, -0.2) is 34.0 Å². The maximum atomic E-state index is 12.9. The minimum atomic E-state index is 0. The first kappa shape index (κ1) is 22.5. The molecule has 0 saturated heterocycles. The van der Waals surface area contributed by atoms with Crippen LogP contribution >= 0.6 is 22.7 Å². The Kier molecular flexibility index (Phi) is 7.48. The Hall–Kier alpha value is -1.67. The van der Waals surface area contributed by atoms with E-state index in [1.165, 1.54) is 16.0 Å². The lowest BCUT2D eigenvalue weighted by molar-refractivity contribution is -0.118. The van der Waals surface area contributed by atoms with Gasteiger partial charge in [0, 0.05) is 50.4 Å². The van der Waals surface area contributed by atoms with Crippen LogP contribution in [0, 0.1) is 11.8 Å². The van der Waals surface area contributed by atoms with Crippen LogP contribution in [0.5, 0.6) is 0 Å². The van der Waals surface area contributed by atoms with Gasteiger partial charge in [-0.3, -0.25) is 9.78 Å². The number of Topliss-reactive ketones (excluding diaryl/α,β-unsaturated/α-hetero) is 1. The summed E-state index contributed by atoms with van der Waals surface area (Å²) in [6, 6.07) is 2.01. The molecule has 1 aliphatic heterocycles. The molecule has 0 saturated carbocycles. The largest absolute Gasteiger partial charge is 0.396 e. The molecular formula is C24H35N3O2S2. The van der Waals surface area contributed by atoms with Crippen molar-refractivity contribution in [1.82, 2.24) is 15.3 Å². The molecule has 170 valence electrons. The van der Waals surface area contributed by atoms with Crippen molar-refractivity contribution in [2.24, 2.45) is 11.8 Å². The molecule has 3 aromatic heterocycles. The van der Waals surface area contributed by atoms with Crippen LogP contribution in [0.25, 0.3) is 20.8 Å². The van der Waals surface area contributed by atoms with Gasteiger partial charge in [0.15, 0.2) is 0 Å². The van der Waals surface area contributed by atoms with E-state index in [2.05, 4.69) is 24.1 Å². The molecular weight excluding hydrogens is 426 g/mol.